The third kappa shape index (κ3) is 3.11. The van der Waals surface area contributed by atoms with E-state index in [4.69, 9.17) is 0 Å². The number of nitrogens with zero attached hydrogens (tertiary/aromatic N) is 3. The van der Waals surface area contributed by atoms with Crippen molar-refractivity contribution in [1.82, 2.24) is 18.7 Å². The first-order valence-electron chi connectivity index (χ1n) is 7.43. The summed E-state index contributed by atoms with van der Waals surface area (Å²) in [5.41, 5.74) is 1.41. The van der Waals surface area contributed by atoms with Crippen LogP contribution in [0.15, 0.2) is 55.5 Å². The van der Waals surface area contributed by atoms with E-state index in [-0.39, 0.29) is 11.1 Å². The molecule has 0 bridgehead atoms. The van der Waals surface area contributed by atoms with E-state index in [9.17, 15) is 9.59 Å². The standard InChI is InChI=1S/C9H9BrN2O.C8H7BrN2O/c1-11-4-3-6-7(10)5-12(2)9(13)8(6)11;1-11-3-2-5-6(9)4-10-8(12)7(5)11/h3-5H,1-2H3;2-4H,1H3,(H,10,12). The summed E-state index contributed by atoms with van der Waals surface area (Å²) in [5.74, 6) is 0. The number of fused-ring (bicyclic) bond motifs is 2. The number of rotatable bonds is 0. The number of aromatic amines is 1. The van der Waals surface area contributed by atoms with Crippen LogP contribution in [0, 0.1) is 0 Å². The Bertz CT molecular complexity index is 1200. The summed E-state index contributed by atoms with van der Waals surface area (Å²) in [6.07, 6.45) is 7.19. The van der Waals surface area contributed by atoms with Crippen LogP contribution in [0.4, 0.5) is 0 Å². The molecule has 0 fully saturated rings. The van der Waals surface area contributed by atoms with Crippen molar-refractivity contribution in [2.75, 3.05) is 0 Å². The number of pyridine rings is 2. The van der Waals surface area contributed by atoms with Gasteiger partial charge in [0.1, 0.15) is 11.0 Å². The van der Waals surface area contributed by atoms with Crippen LogP contribution in [0.1, 0.15) is 0 Å². The fraction of sp³-hybridized carbons (Fsp3) is 0.176. The van der Waals surface area contributed by atoms with Gasteiger partial charge in [-0.1, -0.05) is 0 Å². The second kappa shape index (κ2) is 6.68. The van der Waals surface area contributed by atoms with E-state index in [0.717, 1.165) is 25.2 Å². The van der Waals surface area contributed by atoms with Gasteiger partial charge in [-0.3, -0.25) is 9.59 Å². The van der Waals surface area contributed by atoms with Crippen molar-refractivity contribution in [2.24, 2.45) is 21.1 Å². The van der Waals surface area contributed by atoms with Crippen LogP contribution in [0.2, 0.25) is 0 Å². The molecule has 0 saturated heterocycles. The molecule has 0 aliphatic carbocycles. The Morgan fingerprint density at radius 2 is 1.40 bits per heavy atom. The lowest BCUT2D eigenvalue weighted by atomic mass is 10.3. The predicted molar refractivity (Wildman–Crippen MR) is 107 cm³/mol. The zero-order valence-corrected chi connectivity index (χ0v) is 17.1. The summed E-state index contributed by atoms with van der Waals surface area (Å²) in [5, 5.41) is 1.91. The fourth-order valence-electron chi connectivity index (χ4n) is 2.73. The third-order valence-corrected chi connectivity index (χ3v) is 5.32. The number of nitrogens with one attached hydrogen (secondary N) is 1. The molecule has 0 radical (unpaired) electrons. The summed E-state index contributed by atoms with van der Waals surface area (Å²) in [4.78, 5) is 25.6. The maximum absolute atomic E-state index is 11.7. The summed E-state index contributed by atoms with van der Waals surface area (Å²) in [6, 6.07) is 3.84. The van der Waals surface area contributed by atoms with E-state index in [2.05, 4.69) is 36.8 Å². The molecular weight excluding hydrogens is 452 g/mol. The summed E-state index contributed by atoms with van der Waals surface area (Å²) < 4.78 is 7.08. The highest BCUT2D eigenvalue weighted by molar-refractivity contribution is 9.11. The highest BCUT2D eigenvalue weighted by Crippen LogP contribution is 2.21. The fourth-order valence-corrected chi connectivity index (χ4v) is 3.80. The molecule has 4 heterocycles. The largest absolute Gasteiger partial charge is 0.346 e. The van der Waals surface area contributed by atoms with E-state index >= 15 is 0 Å². The van der Waals surface area contributed by atoms with Crippen LogP contribution in [0.3, 0.4) is 0 Å². The molecule has 25 heavy (non-hydrogen) atoms. The Morgan fingerprint density at radius 1 is 0.840 bits per heavy atom. The molecule has 4 aromatic heterocycles. The maximum atomic E-state index is 11.7. The average Bonchev–Trinajstić information content (AvgIpc) is 3.14. The van der Waals surface area contributed by atoms with Crippen molar-refractivity contribution < 1.29 is 0 Å². The smallest absolute Gasteiger partial charge is 0.274 e. The number of H-pyrrole nitrogens is 1. The molecule has 4 aromatic rings. The van der Waals surface area contributed by atoms with Crippen molar-refractivity contribution in [3.8, 4) is 0 Å². The van der Waals surface area contributed by atoms with Crippen molar-refractivity contribution in [2.45, 2.75) is 0 Å². The summed E-state index contributed by atoms with van der Waals surface area (Å²) in [6.45, 7) is 0. The Labute approximate surface area is 159 Å². The predicted octanol–water partition coefficient (Wildman–Crippen LogP) is 3.27. The zero-order chi connectivity index (χ0) is 18.3. The van der Waals surface area contributed by atoms with Crippen molar-refractivity contribution in [3.05, 3.63) is 66.6 Å². The lowest BCUT2D eigenvalue weighted by Gasteiger charge is -2.01. The molecule has 6 nitrogen and oxygen atoms in total. The second-order valence-corrected chi connectivity index (χ2v) is 7.45. The number of aromatic nitrogens is 4. The Hall–Kier alpha value is -2.06. The molecule has 0 aromatic carbocycles. The maximum Gasteiger partial charge on any atom is 0.274 e. The van der Waals surface area contributed by atoms with E-state index in [1.54, 1.807) is 28.6 Å². The Balaban J connectivity index is 0.000000146. The number of halogens is 2. The van der Waals surface area contributed by atoms with Gasteiger partial charge in [0.2, 0.25) is 0 Å². The third-order valence-electron chi connectivity index (χ3n) is 4.03. The van der Waals surface area contributed by atoms with E-state index in [0.29, 0.717) is 5.52 Å². The second-order valence-electron chi connectivity index (χ2n) is 5.74. The molecule has 0 atom stereocenters. The number of hydrogen-bond acceptors (Lipinski definition) is 2. The van der Waals surface area contributed by atoms with Gasteiger partial charge in [-0.25, -0.2) is 0 Å². The van der Waals surface area contributed by atoms with Gasteiger partial charge in [-0.05, 0) is 44.0 Å². The van der Waals surface area contributed by atoms with E-state index < -0.39 is 0 Å². The number of hydrogen-bond donors (Lipinski definition) is 1. The van der Waals surface area contributed by atoms with Crippen LogP contribution < -0.4 is 11.1 Å². The van der Waals surface area contributed by atoms with Gasteiger partial charge >= 0.3 is 0 Å². The monoisotopic (exact) mass is 466 g/mol. The first-order chi connectivity index (χ1) is 11.8. The Kier molecular flexibility index (Phi) is 4.75. The van der Waals surface area contributed by atoms with Crippen LogP contribution >= 0.6 is 31.9 Å². The van der Waals surface area contributed by atoms with Crippen LogP contribution in [-0.4, -0.2) is 18.7 Å². The van der Waals surface area contributed by atoms with Crippen LogP contribution in [0.25, 0.3) is 21.8 Å². The van der Waals surface area contributed by atoms with Gasteiger partial charge in [-0.15, -0.1) is 0 Å². The van der Waals surface area contributed by atoms with Gasteiger partial charge in [0.25, 0.3) is 11.1 Å². The van der Waals surface area contributed by atoms with Crippen molar-refractivity contribution >= 4 is 53.7 Å². The molecule has 130 valence electrons. The van der Waals surface area contributed by atoms with Crippen LogP contribution in [-0.2, 0) is 21.1 Å². The SMILES string of the molecule is Cn1cc(Br)c2ccn(C)c2c1=O.Cn1ccc2c(Br)c[nH]c(=O)c21. The number of aryl methyl sites for hydroxylation is 3. The molecule has 0 unspecified atom stereocenters. The minimum atomic E-state index is -0.0549. The first kappa shape index (κ1) is 17.8. The molecular formula is C17H16Br2N4O2. The quantitative estimate of drug-likeness (QED) is 0.431. The van der Waals surface area contributed by atoms with Crippen molar-refractivity contribution in [3.63, 3.8) is 0 Å². The lowest BCUT2D eigenvalue weighted by Crippen LogP contribution is -2.17. The molecule has 4 rings (SSSR count). The van der Waals surface area contributed by atoms with E-state index in [1.807, 2.05) is 43.2 Å². The van der Waals surface area contributed by atoms with Gasteiger partial charge in [0, 0.05) is 65.6 Å². The summed E-state index contributed by atoms with van der Waals surface area (Å²) >= 11 is 6.78. The highest BCUT2D eigenvalue weighted by Gasteiger charge is 2.07. The van der Waals surface area contributed by atoms with Crippen molar-refractivity contribution in [1.29, 1.82) is 0 Å². The zero-order valence-electron chi connectivity index (χ0n) is 13.9. The highest BCUT2D eigenvalue weighted by atomic mass is 79.9. The van der Waals surface area contributed by atoms with E-state index in [1.165, 1.54) is 0 Å². The normalized spacial score (nSPS) is 10.9. The van der Waals surface area contributed by atoms with Gasteiger partial charge in [-0.2, -0.15) is 0 Å². The minimum Gasteiger partial charge on any atom is -0.346 e. The minimum absolute atomic E-state index is 0.0331. The Morgan fingerprint density at radius 3 is 2.00 bits per heavy atom. The summed E-state index contributed by atoms with van der Waals surface area (Å²) in [7, 11) is 5.47. The van der Waals surface area contributed by atoms with Gasteiger partial charge < -0.3 is 18.7 Å². The molecule has 0 spiro atoms. The molecule has 8 heteroatoms. The molecule has 0 aliphatic heterocycles. The lowest BCUT2D eigenvalue weighted by molar-refractivity contribution is 0.849. The van der Waals surface area contributed by atoms with Gasteiger partial charge in [0.15, 0.2) is 0 Å². The molecule has 1 N–H and O–H groups in total. The topological polar surface area (TPSA) is 64.7 Å². The molecule has 0 amide bonds. The average molecular weight is 468 g/mol. The molecule has 0 aliphatic rings. The first-order valence-corrected chi connectivity index (χ1v) is 9.02. The van der Waals surface area contributed by atoms with Crippen LogP contribution in [0.5, 0.6) is 0 Å². The van der Waals surface area contributed by atoms with Gasteiger partial charge in [0.05, 0.1) is 0 Å². The molecule has 0 saturated carbocycles.